The van der Waals surface area contributed by atoms with Crippen molar-refractivity contribution in [2.75, 3.05) is 19.0 Å². The van der Waals surface area contributed by atoms with Crippen molar-refractivity contribution in [3.05, 3.63) is 52.5 Å². The standard InChI is InChI=1S/C18H14Cl2N2O3/c1-22(2)17-16(25-18(23)24)14(10-6-4-3-5-7-10)12-8-11(19)9-13(20)15(12)21-17/h3-9H,1-2H3,(H,23,24). The van der Waals surface area contributed by atoms with Gasteiger partial charge in [0, 0.05) is 30.1 Å². The van der Waals surface area contributed by atoms with Gasteiger partial charge in [0.1, 0.15) is 0 Å². The van der Waals surface area contributed by atoms with Crippen LogP contribution in [0.15, 0.2) is 42.5 Å². The summed E-state index contributed by atoms with van der Waals surface area (Å²) in [5, 5.41) is 10.6. The summed E-state index contributed by atoms with van der Waals surface area (Å²) in [6, 6.07) is 12.6. The Morgan fingerprint density at radius 2 is 1.84 bits per heavy atom. The molecular formula is C18H14Cl2N2O3. The van der Waals surface area contributed by atoms with E-state index in [0.29, 0.717) is 32.3 Å². The van der Waals surface area contributed by atoms with Crippen molar-refractivity contribution in [1.29, 1.82) is 0 Å². The summed E-state index contributed by atoms with van der Waals surface area (Å²) < 4.78 is 5.11. The van der Waals surface area contributed by atoms with Crippen LogP contribution < -0.4 is 9.64 Å². The van der Waals surface area contributed by atoms with Gasteiger partial charge in [-0.3, -0.25) is 0 Å². The van der Waals surface area contributed by atoms with E-state index < -0.39 is 6.16 Å². The van der Waals surface area contributed by atoms with Crippen molar-refractivity contribution in [2.45, 2.75) is 0 Å². The quantitative estimate of drug-likeness (QED) is 0.625. The second-order valence-corrected chi connectivity index (χ2v) is 6.40. The molecule has 1 aromatic heterocycles. The molecule has 0 fully saturated rings. The van der Waals surface area contributed by atoms with Gasteiger partial charge < -0.3 is 14.7 Å². The normalized spacial score (nSPS) is 10.7. The van der Waals surface area contributed by atoms with Crippen LogP contribution >= 0.6 is 23.2 Å². The molecule has 5 nitrogen and oxygen atoms in total. The molecule has 0 saturated heterocycles. The second kappa shape index (κ2) is 6.78. The minimum Gasteiger partial charge on any atom is -0.449 e. The van der Waals surface area contributed by atoms with E-state index in [4.69, 9.17) is 27.9 Å². The van der Waals surface area contributed by atoms with E-state index in [-0.39, 0.29) is 5.75 Å². The third-order valence-electron chi connectivity index (χ3n) is 3.62. The first-order chi connectivity index (χ1) is 11.9. The number of anilines is 1. The van der Waals surface area contributed by atoms with Gasteiger partial charge in [-0.1, -0.05) is 53.5 Å². The molecule has 1 N–H and O–H groups in total. The number of halogens is 2. The van der Waals surface area contributed by atoms with Gasteiger partial charge in [-0.15, -0.1) is 0 Å². The molecule has 0 aliphatic heterocycles. The van der Waals surface area contributed by atoms with Gasteiger partial charge in [0.2, 0.25) is 0 Å². The van der Waals surface area contributed by atoms with E-state index in [0.717, 1.165) is 5.56 Å². The monoisotopic (exact) mass is 376 g/mol. The summed E-state index contributed by atoms with van der Waals surface area (Å²) >= 11 is 12.5. The van der Waals surface area contributed by atoms with Crippen LogP contribution in [-0.4, -0.2) is 30.3 Å². The molecule has 0 aliphatic rings. The second-order valence-electron chi connectivity index (χ2n) is 5.55. The molecule has 3 rings (SSSR count). The van der Waals surface area contributed by atoms with Crippen LogP contribution in [0, 0.1) is 0 Å². The maximum atomic E-state index is 11.3. The van der Waals surface area contributed by atoms with E-state index >= 15 is 0 Å². The number of hydrogen-bond acceptors (Lipinski definition) is 4. The average molecular weight is 377 g/mol. The van der Waals surface area contributed by atoms with E-state index in [1.54, 1.807) is 31.1 Å². The molecule has 0 amide bonds. The van der Waals surface area contributed by atoms with Gasteiger partial charge in [0.25, 0.3) is 0 Å². The van der Waals surface area contributed by atoms with Crippen molar-refractivity contribution < 1.29 is 14.6 Å². The highest BCUT2D eigenvalue weighted by Gasteiger charge is 2.23. The molecule has 0 unspecified atom stereocenters. The highest BCUT2D eigenvalue weighted by atomic mass is 35.5. The summed E-state index contributed by atoms with van der Waals surface area (Å²) in [4.78, 5) is 17.5. The van der Waals surface area contributed by atoms with Crippen LogP contribution in [0.1, 0.15) is 0 Å². The lowest BCUT2D eigenvalue weighted by Gasteiger charge is -2.20. The lowest BCUT2D eigenvalue weighted by Crippen LogP contribution is -2.15. The van der Waals surface area contributed by atoms with Crippen molar-refractivity contribution in [3.63, 3.8) is 0 Å². The van der Waals surface area contributed by atoms with Gasteiger partial charge in [-0.25, -0.2) is 9.78 Å². The molecule has 3 aromatic rings. The SMILES string of the molecule is CN(C)c1nc2c(Cl)cc(Cl)cc2c(-c2ccccc2)c1OC(=O)O. The summed E-state index contributed by atoms with van der Waals surface area (Å²) in [6.45, 7) is 0. The number of pyridine rings is 1. The van der Waals surface area contributed by atoms with E-state index in [9.17, 15) is 9.90 Å². The Labute approximate surface area is 154 Å². The van der Waals surface area contributed by atoms with Crippen LogP contribution in [0.25, 0.3) is 22.0 Å². The van der Waals surface area contributed by atoms with E-state index in [2.05, 4.69) is 4.98 Å². The zero-order valence-corrected chi connectivity index (χ0v) is 15.0. The number of carbonyl (C=O) groups is 1. The number of benzene rings is 2. The first kappa shape index (κ1) is 17.3. The van der Waals surface area contributed by atoms with Crippen molar-refractivity contribution in [2.24, 2.45) is 0 Å². The Balaban J connectivity index is 2.51. The van der Waals surface area contributed by atoms with Crippen LogP contribution in [0.2, 0.25) is 10.0 Å². The predicted octanol–water partition coefficient (Wildman–Crippen LogP) is 5.33. The average Bonchev–Trinajstić information content (AvgIpc) is 2.54. The molecule has 2 aromatic carbocycles. The number of aromatic nitrogens is 1. The van der Waals surface area contributed by atoms with Crippen LogP contribution in [0.3, 0.4) is 0 Å². The summed E-state index contributed by atoms with van der Waals surface area (Å²) in [6.07, 6.45) is -1.42. The lowest BCUT2D eigenvalue weighted by atomic mass is 9.99. The van der Waals surface area contributed by atoms with Crippen molar-refractivity contribution >= 4 is 46.1 Å². The molecule has 0 atom stereocenters. The molecule has 0 spiro atoms. The number of hydrogen-bond donors (Lipinski definition) is 1. The van der Waals surface area contributed by atoms with Crippen LogP contribution in [0.5, 0.6) is 5.75 Å². The molecule has 1 heterocycles. The number of rotatable bonds is 3. The minimum absolute atomic E-state index is 0.134. The van der Waals surface area contributed by atoms with Crippen molar-refractivity contribution in [1.82, 2.24) is 4.98 Å². The Morgan fingerprint density at radius 1 is 1.16 bits per heavy atom. The van der Waals surface area contributed by atoms with E-state index in [1.165, 1.54) is 0 Å². The van der Waals surface area contributed by atoms with Gasteiger partial charge in [0.15, 0.2) is 11.6 Å². The minimum atomic E-state index is -1.42. The molecule has 7 heteroatoms. The molecular weight excluding hydrogens is 363 g/mol. The third kappa shape index (κ3) is 3.34. The maximum absolute atomic E-state index is 11.3. The molecule has 0 aliphatic carbocycles. The number of ether oxygens (including phenoxy) is 1. The lowest BCUT2D eigenvalue weighted by molar-refractivity contribution is 0.144. The fourth-order valence-corrected chi connectivity index (χ4v) is 3.18. The Morgan fingerprint density at radius 3 is 2.44 bits per heavy atom. The van der Waals surface area contributed by atoms with Gasteiger partial charge in [-0.05, 0) is 17.7 Å². The topological polar surface area (TPSA) is 62.7 Å². The number of fused-ring (bicyclic) bond motifs is 1. The maximum Gasteiger partial charge on any atom is 0.511 e. The first-order valence-electron chi connectivity index (χ1n) is 7.34. The molecule has 0 bridgehead atoms. The fourth-order valence-electron chi connectivity index (χ4n) is 2.64. The molecule has 0 saturated carbocycles. The molecule has 128 valence electrons. The Hall–Kier alpha value is -2.50. The molecule has 25 heavy (non-hydrogen) atoms. The first-order valence-corrected chi connectivity index (χ1v) is 8.10. The van der Waals surface area contributed by atoms with Crippen molar-refractivity contribution in [3.8, 4) is 16.9 Å². The highest BCUT2D eigenvalue weighted by Crippen LogP contribution is 2.44. The number of nitrogens with zero attached hydrogens (tertiary/aromatic N) is 2. The Kier molecular flexibility index (Phi) is 4.70. The van der Waals surface area contributed by atoms with Gasteiger partial charge >= 0.3 is 6.16 Å². The van der Waals surface area contributed by atoms with E-state index in [1.807, 2.05) is 30.3 Å². The third-order valence-corrected chi connectivity index (χ3v) is 4.13. The Bertz CT molecular complexity index is 960. The van der Waals surface area contributed by atoms with Crippen LogP contribution in [0.4, 0.5) is 10.6 Å². The summed E-state index contributed by atoms with van der Waals surface area (Å²) in [5.41, 5.74) is 1.86. The zero-order valence-electron chi connectivity index (χ0n) is 13.5. The number of carboxylic acid groups (broad SMARTS) is 1. The zero-order chi connectivity index (χ0) is 18.1. The summed E-state index contributed by atoms with van der Waals surface area (Å²) in [5.74, 6) is 0.493. The fraction of sp³-hybridized carbons (Fsp3) is 0.111. The highest BCUT2D eigenvalue weighted by molar-refractivity contribution is 6.39. The van der Waals surface area contributed by atoms with Gasteiger partial charge in [0.05, 0.1) is 10.5 Å². The smallest absolute Gasteiger partial charge is 0.449 e. The molecule has 0 radical (unpaired) electrons. The van der Waals surface area contributed by atoms with Gasteiger partial charge in [-0.2, -0.15) is 0 Å². The summed E-state index contributed by atoms with van der Waals surface area (Å²) in [7, 11) is 3.50. The largest absolute Gasteiger partial charge is 0.511 e. The predicted molar refractivity (Wildman–Crippen MR) is 100 cm³/mol. The van der Waals surface area contributed by atoms with Crippen LogP contribution in [-0.2, 0) is 0 Å².